The molecule has 5 heteroatoms. The van der Waals surface area contributed by atoms with Gasteiger partial charge in [0.15, 0.2) is 10.9 Å². The van der Waals surface area contributed by atoms with Gasteiger partial charge in [0.2, 0.25) is 0 Å². The standard InChI is InChI=1S/C19H19N3OS/c23-17(15-8-3-1-4-9-15)14-22-13-7-12-18(22)21-19(24)20-16-10-5-2-6-11-16/h1-6,8-11H,7,12-14H2,(H,20,24)/b21-18-. The van der Waals surface area contributed by atoms with E-state index < -0.39 is 0 Å². The zero-order valence-corrected chi connectivity index (χ0v) is 14.1. The predicted octanol–water partition coefficient (Wildman–Crippen LogP) is 3.76. The van der Waals surface area contributed by atoms with Crippen LogP contribution in [0.4, 0.5) is 5.69 Å². The van der Waals surface area contributed by atoms with Crippen molar-refractivity contribution in [3.8, 4) is 0 Å². The van der Waals surface area contributed by atoms with E-state index in [9.17, 15) is 4.79 Å². The number of hydrogen-bond acceptors (Lipinski definition) is 2. The molecule has 1 aliphatic rings. The minimum atomic E-state index is 0.104. The molecule has 0 saturated carbocycles. The second kappa shape index (κ2) is 7.84. The molecule has 4 nitrogen and oxygen atoms in total. The lowest BCUT2D eigenvalue weighted by Gasteiger charge is -2.18. The number of nitrogens with zero attached hydrogens (tertiary/aromatic N) is 2. The zero-order valence-electron chi connectivity index (χ0n) is 13.3. The van der Waals surface area contributed by atoms with E-state index in [2.05, 4.69) is 10.3 Å². The highest BCUT2D eigenvalue weighted by atomic mass is 32.1. The zero-order chi connectivity index (χ0) is 16.8. The number of anilines is 1. The first-order valence-corrected chi connectivity index (χ1v) is 8.40. The SMILES string of the molecule is O=C(CN1CCC/C1=N/C(=S)Nc1ccccc1)c1ccccc1. The molecule has 1 N–H and O–H groups in total. The number of aliphatic imine (C=N–C) groups is 1. The number of para-hydroxylation sites is 1. The molecular formula is C19H19N3OS. The summed E-state index contributed by atoms with van der Waals surface area (Å²) < 4.78 is 0. The number of likely N-dealkylation sites (tertiary alicyclic amines) is 1. The van der Waals surface area contributed by atoms with E-state index in [1.807, 2.05) is 65.6 Å². The van der Waals surface area contributed by atoms with Crippen molar-refractivity contribution in [2.24, 2.45) is 4.99 Å². The normalized spacial score (nSPS) is 15.5. The molecule has 0 aliphatic carbocycles. The fraction of sp³-hybridized carbons (Fsp3) is 0.211. The number of benzene rings is 2. The van der Waals surface area contributed by atoms with E-state index in [1.165, 1.54) is 0 Å². The molecule has 2 aromatic carbocycles. The maximum absolute atomic E-state index is 12.4. The average Bonchev–Trinajstić information content (AvgIpc) is 3.03. The van der Waals surface area contributed by atoms with Gasteiger partial charge in [0, 0.05) is 24.2 Å². The molecule has 1 aliphatic heterocycles. The fourth-order valence-corrected chi connectivity index (χ4v) is 2.91. The summed E-state index contributed by atoms with van der Waals surface area (Å²) in [6, 6.07) is 19.1. The van der Waals surface area contributed by atoms with Crippen LogP contribution in [0, 0.1) is 0 Å². The van der Waals surface area contributed by atoms with E-state index in [4.69, 9.17) is 12.2 Å². The minimum absolute atomic E-state index is 0.104. The molecule has 0 unspecified atom stereocenters. The van der Waals surface area contributed by atoms with Gasteiger partial charge in [-0.3, -0.25) is 4.79 Å². The molecule has 1 heterocycles. The highest BCUT2D eigenvalue weighted by molar-refractivity contribution is 7.80. The number of hydrogen-bond donors (Lipinski definition) is 1. The van der Waals surface area contributed by atoms with Crippen molar-refractivity contribution in [2.75, 3.05) is 18.4 Å². The summed E-state index contributed by atoms with van der Waals surface area (Å²) >= 11 is 5.32. The first kappa shape index (κ1) is 16.3. The van der Waals surface area contributed by atoms with Crippen LogP contribution in [-0.4, -0.2) is 34.7 Å². The number of carbonyl (C=O) groups excluding carboxylic acids is 1. The summed E-state index contributed by atoms with van der Waals surface area (Å²) in [6.45, 7) is 1.18. The number of nitrogens with one attached hydrogen (secondary N) is 1. The number of ketones is 1. The lowest BCUT2D eigenvalue weighted by atomic mass is 10.1. The van der Waals surface area contributed by atoms with Crippen molar-refractivity contribution >= 4 is 34.6 Å². The van der Waals surface area contributed by atoms with Crippen LogP contribution in [0.1, 0.15) is 23.2 Å². The molecule has 0 aromatic heterocycles. The summed E-state index contributed by atoms with van der Waals surface area (Å²) in [7, 11) is 0. The first-order valence-electron chi connectivity index (χ1n) is 7.99. The lowest BCUT2D eigenvalue weighted by Crippen LogP contribution is -2.32. The van der Waals surface area contributed by atoms with E-state index in [1.54, 1.807) is 0 Å². The van der Waals surface area contributed by atoms with Crippen molar-refractivity contribution in [3.63, 3.8) is 0 Å². The second-order valence-electron chi connectivity index (χ2n) is 5.64. The second-order valence-corrected chi connectivity index (χ2v) is 6.03. The maximum Gasteiger partial charge on any atom is 0.198 e. The van der Waals surface area contributed by atoms with Gasteiger partial charge in [-0.05, 0) is 30.8 Å². The Morgan fingerprint density at radius 2 is 1.75 bits per heavy atom. The number of rotatable bonds is 4. The van der Waals surface area contributed by atoms with Crippen molar-refractivity contribution in [1.82, 2.24) is 4.90 Å². The Morgan fingerprint density at radius 1 is 1.08 bits per heavy atom. The van der Waals surface area contributed by atoms with Crippen molar-refractivity contribution in [3.05, 3.63) is 66.2 Å². The molecular weight excluding hydrogens is 318 g/mol. The van der Waals surface area contributed by atoms with Crippen LogP contribution in [0.15, 0.2) is 65.7 Å². The van der Waals surface area contributed by atoms with Gasteiger partial charge in [0.25, 0.3) is 0 Å². The Morgan fingerprint density at radius 3 is 2.46 bits per heavy atom. The number of carbonyl (C=O) groups is 1. The van der Waals surface area contributed by atoms with Crippen LogP contribution in [0.3, 0.4) is 0 Å². The van der Waals surface area contributed by atoms with Gasteiger partial charge >= 0.3 is 0 Å². The van der Waals surface area contributed by atoms with Gasteiger partial charge in [-0.1, -0.05) is 48.5 Å². The Bertz CT molecular complexity index is 744. The van der Waals surface area contributed by atoms with Crippen molar-refractivity contribution in [1.29, 1.82) is 0 Å². The summed E-state index contributed by atoms with van der Waals surface area (Å²) in [6.07, 6.45) is 1.84. The van der Waals surface area contributed by atoms with Crippen LogP contribution in [0.25, 0.3) is 0 Å². The highest BCUT2D eigenvalue weighted by Gasteiger charge is 2.22. The van der Waals surface area contributed by atoms with Crippen LogP contribution in [-0.2, 0) is 0 Å². The molecule has 2 aromatic rings. The van der Waals surface area contributed by atoms with Gasteiger partial charge in [-0.15, -0.1) is 0 Å². The summed E-state index contributed by atoms with van der Waals surface area (Å²) in [4.78, 5) is 18.9. The van der Waals surface area contributed by atoms with Gasteiger partial charge in [0.05, 0.1) is 6.54 Å². The molecule has 0 amide bonds. The summed E-state index contributed by atoms with van der Waals surface area (Å²) in [5.74, 6) is 0.986. The molecule has 0 bridgehead atoms. The van der Waals surface area contributed by atoms with Crippen LogP contribution < -0.4 is 5.32 Å². The van der Waals surface area contributed by atoms with Gasteiger partial charge in [-0.25, -0.2) is 4.99 Å². The average molecular weight is 337 g/mol. The van der Waals surface area contributed by atoms with Crippen molar-refractivity contribution in [2.45, 2.75) is 12.8 Å². The quantitative estimate of drug-likeness (QED) is 0.681. The minimum Gasteiger partial charge on any atom is -0.352 e. The third-order valence-electron chi connectivity index (χ3n) is 3.88. The molecule has 1 saturated heterocycles. The van der Waals surface area contributed by atoms with E-state index in [-0.39, 0.29) is 5.78 Å². The third-order valence-corrected chi connectivity index (χ3v) is 4.07. The molecule has 0 atom stereocenters. The number of thiocarbonyl (C=S) groups is 1. The van der Waals surface area contributed by atoms with Crippen LogP contribution in [0.5, 0.6) is 0 Å². The van der Waals surface area contributed by atoms with Gasteiger partial charge < -0.3 is 10.2 Å². The van der Waals surface area contributed by atoms with Gasteiger partial charge in [0.1, 0.15) is 5.84 Å². The van der Waals surface area contributed by atoms with E-state index in [0.717, 1.165) is 36.5 Å². The monoisotopic (exact) mass is 337 g/mol. The summed E-state index contributed by atoms with van der Waals surface area (Å²) in [5, 5.41) is 3.53. The third kappa shape index (κ3) is 4.26. The summed E-state index contributed by atoms with van der Waals surface area (Å²) in [5.41, 5.74) is 1.64. The maximum atomic E-state index is 12.4. The topological polar surface area (TPSA) is 44.7 Å². The Kier molecular flexibility index (Phi) is 5.33. The molecule has 122 valence electrons. The molecule has 3 rings (SSSR count). The van der Waals surface area contributed by atoms with Crippen LogP contribution >= 0.6 is 12.2 Å². The molecule has 24 heavy (non-hydrogen) atoms. The largest absolute Gasteiger partial charge is 0.352 e. The Hall–Kier alpha value is -2.53. The molecule has 0 spiro atoms. The fourth-order valence-electron chi connectivity index (χ4n) is 2.69. The number of amidine groups is 1. The Labute approximate surface area is 147 Å². The molecule has 0 radical (unpaired) electrons. The van der Waals surface area contributed by atoms with E-state index >= 15 is 0 Å². The number of Topliss-reactive ketones (excluding diaryl/α,β-unsaturated/α-hetero) is 1. The first-order chi connectivity index (χ1) is 11.7. The van der Waals surface area contributed by atoms with Crippen molar-refractivity contribution < 1.29 is 4.79 Å². The van der Waals surface area contributed by atoms with Crippen LogP contribution in [0.2, 0.25) is 0 Å². The Balaban J connectivity index is 1.64. The highest BCUT2D eigenvalue weighted by Crippen LogP contribution is 2.14. The van der Waals surface area contributed by atoms with Gasteiger partial charge in [-0.2, -0.15) is 0 Å². The lowest BCUT2D eigenvalue weighted by molar-refractivity contribution is 0.0966. The van der Waals surface area contributed by atoms with E-state index in [0.29, 0.717) is 11.7 Å². The predicted molar refractivity (Wildman–Crippen MR) is 102 cm³/mol. The smallest absolute Gasteiger partial charge is 0.198 e. The molecule has 1 fully saturated rings.